The zero-order valence-electron chi connectivity index (χ0n) is 15.2. The maximum Gasteiger partial charge on any atom is 0.243 e. The molecule has 0 fully saturated rings. The van der Waals surface area contributed by atoms with Crippen molar-refractivity contribution in [2.24, 2.45) is 0 Å². The molecule has 0 aliphatic rings. The smallest absolute Gasteiger partial charge is 0.243 e. The largest absolute Gasteiger partial charge is 0.360 e. The Balaban J connectivity index is 1.32. The van der Waals surface area contributed by atoms with E-state index in [2.05, 4.69) is 27.9 Å². The van der Waals surface area contributed by atoms with Crippen molar-refractivity contribution in [3.63, 3.8) is 0 Å². The number of aromatic nitrogens is 2. The SMILES string of the molecule is O=C(CNc1ccn(-c2ccccc2)n1)Nc1ccc(-c2ccccc2)cc1. The number of para-hydroxylation sites is 1. The lowest BCUT2D eigenvalue weighted by Gasteiger charge is -2.07. The van der Waals surface area contributed by atoms with Crippen molar-refractivity contribution in [3.05, 3.63) is 97.2 Å². The summed E-state index contributed by atoms with van der Waals surface area (Å²) >= 11 is 0. The van der Waals surface area contributed by atoms with Crippen LogP contribution in [0.15, 0.2) is 97.2 Å². The molecule has 1 aromatic heterocycles. The number of amides is 1. The highest BCUT2D eigenvalue weighted by atomic mass is 16.1. The molecule has 3 aromatic carbocycles. The third-order valence-electron chi connectivity index (χ3n) is 4.32. The summed E-state index contributed by atoms with van der Waals surface area (Å²) in [7, 11) is 0. The number of nitrogens with zero attached hydrogens (tertiary/aromatic N) is 2. The van der Waals surface area contributed by atoms with Crippen molar-refractivity contribution in [1.82, 2.24) is 9.78 Å². The number of carbonyl (C=O) groups excluding carboxylic acids is 1. The van der Waals surface area contributed by atoms with Gasteiger partial charge in [-0.05, 0) is 35.4 Å². The first-order valence-electron chi connectivity index (χ1n) is 9.08. The number of benzene rings is 3. The van der Waals surface area contributed by atoms with Gasteiger partial charge in [0, 0.05) is 18.0 Å². The molecule has 0 unspecified atom stereocenters. The maximum atomic E-state index is 12.2. The van der Waals surface area contributed by atoms with Crippen molar-refractivity contribution in [2.45, 2.75) is 0 Å². The summed E-state index contributed by atoms with van der Waals surface area (Å²) in [4.78, 5) is 12.2. The second-order valence-electron chi connectivity index (χ2n) is 6.33. The molecule has 0 spiro atoms. The fourth-order valence-corrected chi connectivity index (χ4v) is 2.90. The Kier molecular flexibility index (Phi) is 5.15. The summed E-state index contributed by atoms with van der Waals surface area (Å²) in [5.41, 5.74) is 4.00. The van der Waals surface area contributed by atoms with Gasteiger partial charge in [0.1, 0.15) is 5.82 Å². The third kappa shape index (κ3) is 4.27. The molecule has 0 saturated heterocycles. The van der Waals surface area contributed by atoms with Crippen LogP contribution in [0.25, 0.3) is 16.8 Å². The standard InChI is InChI=1S/C23H20N4O/c28-23(17-24-22-15-16-27(26-22)21-9-5-2-6-10-21)25-20-13-11-19(12-14-20)18-7-3-1-4-8-18/h1-16H,17H2,(H,24,26)(H,25,28). The van der Waals surface area contributed by atoms with Gasteiger partial charge in [0.25, 0.3) is 0 Å². The molecule has 0 saturated carbocycles. The van der Waals surface area contributed by atoms with Crippen molar-refractivity contribution in [3.8, 4) is 16.8 Å². The molecule has 2 N–H and O–H groups in total. The monoisotopic (exact) mass is 368 g/mol. The molecule has 5 nitrogen and oxygen atoms in total. The minimum absolute atomic E-state index is 0.123. The molecule has 4 rings (SSSR count). The zero-order valence-corrected chi connectivity index (χ0v) is 15.2. The molecule has 0 aliphatic heterocycles. The maximum absolute atomic E-state index is 12.2. The number of nitrogens with one attached hydrogen (secondary N) is 2. The Morgan fingerprint density at radius 1 is 0.786 bits per heavy atom. The molecule has 5 heteroatoms. The Morgan fingerprint density at radius 2 is 1.43 bits per heavy atom. The molecule has 138 valence electrons. The van der Waals surface area contributed by atoms with Gasteiger partial charge in [-0.1, -0.05) is 60.7 Å². The molecule has 0 bridgehead atoms. The van der Waals surface area contributed by atoms with E-state index in [0.29, 0.717) is 5.82 Å². The van der Waals surface area contributed by atoms with Gasteiger partial charge in [-0.2, -0.15) is 5.10 Å². The quantitative estimate of drug-likeness (QED) is 0.523. The second-order valence-corrected chi connectivity index (χ2v) is 6.33. The van der Waals surface area contributed by atoms with Crippen LogP contribution in [-0.4, -0.2) is 22.2 Å². The summed E-state index contributed by atoms with van der Waals surface area (Å²) in [5, 5.41) is 10.4. The van der Waals surface area contributed by atoms with Gasteiger partial charge in [-0.3, -0.25) is 4.79 Å². The van der Waals surface area contributed by atoms with E-state index in [1.807, 2.05) is 85.1 Å². The van der Waals surface area contributed by atoms with Gasteiger partial charge in [-0.25, -0.2) is 4.68 Å². The number of carbonyl (C=O) groups is 1. The van der Waals surface area contributed by atoms with Crippen LogP contribution in [-0.2, 0) is 4.79 Å². The minimum atomic E-state index is -0.123. The zero-order chi connectivity index (χ0) is 19.2. The third-order valence-corrected chi connectivity index (χ3v) is 4.32. The highest BCUT2D eigenvalue weighted by molar-refractivity contribution is 5.93. The number of rotatable bonds is 6. The van der Waals surface area contributed by atoms with Gasteiger partial charge >= 0.3 is 0 Å². The fraction of sp³-hybridized carbons (Fsp3) is 0.0435. The van der Waals surface area contributed by atoms with Gasteiger partial charge in [0.15, 0.2) is 0 Å². The first-order chi connectivity index (χ1) is 13.8. The predicted molar refractivity (Wildman–Crippen MR) is 113 cm³/mol. The summed E-state index contributed by atoms with van der Waals surface area (Å²) in [6.07, 6.45) is 1.86. The van der Waals surface area contributed by atoms with E-state index in [1.165, 1.54) is 0 Å². The van der Waals surface area contributed by atoms with E-state index in [-0.39, 0.29) is 12.5 Å². The normalized spacial score (nSPS) is 10.4. The minimum Gasteiger partial charge on any atom is -0.360 e. The van der Waals surface area contributed by atoms with E-state index in [1.54, 1.807) is 4.68 Å². The highest BCUT2D eigenvalue weighted by Gasteiger charge is 2.05. The molecule has 28 heavy (non-hydrogen) atoms. The van der Waals surface area contributed by atoms with Crippen LogP contribution in [0.3, 0.4) is 0 Å². The van der Waals surface area contributed by atoms with Crippen LogP contribution >= 0.6 is 0 Å². The van der Waals surface area contributed by atoms with Crippen molar-refractivity contribution < 1.29 is 4.79 Å². The average molecular weight is 368 g/mol. The summed E-state index contributed by atoms with van der Waals surface area (Å²) in [6, 6.07) is 29.6. The van der Waals surface area contributed by atoms with Gasteiger partial charge in [-0.15, -0.1) is 0 Å². The summed E-state index contributed by atoms with van der Waals surface area (Å²) in [6.45, 7) is 0.145. The first-order valence-corrected chi connectivity index (χ1v) is 9.08. The van der Waals surface area contributed by atoms with Crippen LogP contribution in [0.2, 0.25) is 0 Å². The van der Waals surface area contributed by atoms with E-state index >= 15 is 0 Å². The molecular formula is C23H20N4O. The van der Waals surface area contributed by atoms with Crippen LogP contribution in [0, 0.1) is 0 Å². The van der Waals surface area contributed by atoms with Crippen molar-refractivity contribution >= 4 is 17.4 Å². The lowest BCUT2D eigenvalue weighted by Crippen LogP contribution is -2.21. The van der Waals surface area contributed by atoms with Crippen molar-refractivity contribution in [1.29, 1.82) is 0 Å². The Morgan fingerprint density at radius 3 is 2.14 bits per heavy atom. The van der Waals surface area contributed by atoms with Gasteiger partial charge < -0.3 is 10.6 Å². The molecule has 1 amide bonds. The fourth-order valence-electron chi connectivity index (χ4n) is 2.90. The summed E-state index contributed by atoms with van der Waals surface area (Å²) in [5.74, 6) is 0.528. The lowest BCUT2D eigenvalue weighted by atomic mass is 10.1. The first kappa shape index (κ1) is 17.5. The molecular weight excluding hydrogens is 348 g/mol. The average Bonchev–Trinajstić information content (AvgIpc) is 3.23. The Hall–Kier alpha value is -3.86. The molecule has 0 atom stereocenters. The van der Waals surface area contributed by atoms with E-state index in [4.69, 9.17) is 0 Å². The number of anilines is 2. The molecule has 4 aromatic rings. The van der Waals surface area contributed by atoms with Crippen LogP contribution in [0.5, 0.6) is 0 Å². The number of hydrogen-bond donors (Lipinski definition) is 2. The van der Waals surface area contributed by atoms with Crippen LogP contribution < -0.4 is 10.6 Å². The van der Waals surface area contributed by atoms with Crippen molar-refractivity contribution in [2.75, 3.05) is 17.2 Å². The van der Waals surface area contributed by atoms with Crippen LogP contribution in [0.1, 0.15) is 0 Å². The second kappa shape index (κ2) is 8.22. The lowest BCUT2D eigenvalue weighted by molar-refractivity contribution is -0.114. The topological polar surface area (TPSA) is 59.0 Å². The Labute approximate surface area is 163 Å². The van der Waals surface area contributed by atoms with E-state index in [0.717, 1.165) is 22.5 Å². The molecule has 1 heterocycles. The van der Waals surface area contributed by atoms with E-state index in [9.17, 15) is 4.79 Å². The van der Waals surface area contributed by atoms with E-state index < -0.39 is 0 Å². The van der Waals surface area contributed by atoms with Crippen LogP contribution in [0.4, 0.5) is 11.5 Å². The Bertz CT molecular complexity index is 1040. The molecule has 0 radical (unpaired) electrons. The summed E-state index contributed by atoms with van der Waals surface area (Å²) < 4.78 is 1.77. The molecule has 0 aliphatic carbocycles. The highest BCUT2D eigenvalue weighted by Crippen LogP contribution is 2.21. The van der Waals surface area contributed by atoms with Gasteiger partial charge in [0.05, 0.1) is 12.2 Å². The predicted octanol–water partition coefficient (Wildman–Crippen LogP) is 4.59. The number of hydrogen-bond acceptors (Lipinski definition) is 3. The van der Waals surface area contributed by atoms with Gasteiger partial charge in [0.2, 0.25) is 5.91 Å².